The molecule has 8 nitrogen and oxygen atoms in total. The number of amides is 1. The van der Waals surface area contributed by atoms with Crippen LogP contribution in [-0.2, 0) is 24.3 Å². The number of carbonyl (C=O) groups is 1. The van der Waals surface area contributed by atoms with Gasteiger partial charge in [0, 0.05) is 45.3 Å². The molecule has 2 aromatic heterocycles. The largest absolute Gasteiger partial charge is 0.352 e. The van der Waals surface area contributed by atoms with Crippen LogP contribution in [0.5, 0.6) is 0 Å². The van der Waals surface area contributed by atoms with Crippen LogP contribution in [0.25, 0.3) is 0 Å². The molecule has 0 unspecified atom stereocenters. The van der Waals surface area contributed by atoms with Gasteiger partial charge in [0.15, 0.2) is 0 Å². The summed E-state index contributed by atoms with van der Waals surface area (Å²) in [6.45, 7) is 3.00. The molecule has 10 heteroatoms. The van der Waals surface area contributed by atoms with E-state index in [0.29, 0.717) is 48.6 Å². The number of piperazine rings is 1. The van der Waals surface area contributed by atoms with Crippen molar-refractivity contribution in [2.24, 2.45) is 0 Å². The minimum atomic E-state index is -0.180. The zero-order chi connectivity index (χ0) is 19.7. The number of halogens is 2. The second-order valence-corrected chi connectivity index (χ2v) is 7.99. The van der Waals surface area contributed by atoms with Crippen LogP contribution in [0.15, 0.2) is 17.1 Å². The van der Waals surface area contributed by atoms with Crippen LogP contribution < -0.4 is 10.6 Å². The topological polar surface area (TPSA) is 76.3 Å². The molecule has 28 heavy (non-hydrogen) atoms. The van der Waals surface area contributed by atoms with Crippen molar-refractivity contribution in [2.75, 3.05) is 31.1 Å². The summed E-state index contributed by atoms with van der Waals surface area (Å²) in [5.41, 5.74) is -0.180. The first kappa shape index (κ1) is 19.3. The number of pyridine rings is 1. The van der Waals surface area contributed by atoms with Crippen molar-refractivity contribution in [3.05, 3.63) is 38.6 Å². The number of aryl methyl sites for hydroxylation is 1. The first-order valence-electron chi connectivity index (χ1n) is 9.53. The zero-order valence-electron chi connectivity index (χ0n) is 15.5. The molecule has 150 valence electrons. The summed E-state index contributed by atoms with van der Waals surface area (Å²) < 4.78 is 3.03. The molecule has 2 aromatic rings. The van der Waals surface area contributed by atoms with E-state index >= 15 is 0 Å². The van der Waals surface area contributed by atoms with Gasteiger partial charge in [-0.25, -0.2) is 14.5 Å². The minimum absolute atomic E-state index is 0.0151. The molecule has 1 fully saturated rings. The first-order valence-corrected chi connectivity index (χ1v) is 10.3. The van der Waals surface area contributed by atoms with Crippen molar-refractivity contribution in [2.45, 2.75) is 38.8 Å². The van der Waals surface area contributed by atoms with Crippen LogP contribution >= 0.6 is 23.2 Å². The van der Waals surface area contributed by atoms with Crippen LogP contribution in [0.4, 0.5) is 5.82 Å². The Labute approximate surface area is 172 Å². The van der Waals surface area contributed by atoms with E-state index in [0.717, 1.165) is 31.5 Å². The third-order valence-corrected chi connectivity index (χ3v) is 5.77. The molecule has 0 bridgehead atoms. The molecule has 4 heterocycles. The zero-order valence-corrected chi connectivity index (χ0v) is 17.0. The van der Waals surface area contributed by atoms with Crippen LogP contribution in [0.3, 0.4) is 0 Å². The van der Waals surface area contributed by atoms with Crippen LogP contribution in [0.2, 0.25) is 10.0 Å². The van der Waals surface area contributed by atoms with Gasteiger partial charge in [0.05, 0.1) is 10.0 Å². The smallest absolute Gasteiger partial charge is 0.346 e. The quantitative estimate of drug-likeness (QED) is 0.750. The predicted octanol–water partition coefficient (Wildman–Crippen LogP) is 1.82. The number of hydrogen-bond donors (Lipinski definition) is 0. The maximum absolute atomic E-state index is 12.7. The molecule has 0 radical (unpaired) electrons. The van der Waals surface area contributed by atoms with Gasteiger partial charge < -0.3 is 9.80 Å². The molecule has 2 aliphatic rings. The Morgan fingerprint density at radius 3 is 2.61 bits per heavy atom. The highest BCUT2D eigenvalue weighted by molar-refractivity contribution is 6.36. The Balaban J connectivity index is 1.39. The molecule has 0 N–H and O–H groups in total. The molecular formula is C18H22Cl2N6O2. The Hall–Kier alpha value is -2.06. The molecule has 0 aliphatic carbocycles. The molecule has 0 atom stereocenters. The molecule has 0 saturated carbocycles. The summed E-state index contributed by atoms with van der Waals surface area (Å²) in [6.07, 6.45) is 5.49. The van der Waals surface area contributed by atoms with Gasteiger partial charge in [-0.1, -0.05) is 29.6 Å². The van der Waals surface area contributed by atoms with Gasteiger partial charge in [-0.05, 0) is 18.9 Å². The summed E-state index contributed by atoms with van der Waals surface area (Å²) in [4.78, 5) is 33.3. The maximum atomic E-state index is 12.7. The van der Waals surface area contributed by atoms with Gasteiger partial charge >= 0.3 is 5.69 Å². The first-order chi connectivity index (χ1) is 13.5. The fourth-order valence-electron chi connectivity index (χ4n) is 3.76. The third-order valence-electron chi connectivity index (χ3n) is 5.29. The normalized spacial score (nSPS) is 17.4. The summed E-state index contributed by atoms with van der Waals surface area (Å²) in [6, 6.07) is 1.66. The minimum Gasteiger partial charge on any atom is -0.352 e. The number of aromatic nitrogens is 4. The van der Waals surface area contributed by atoms with Crippen molar-refractivity contribution in [1.82, 2.24) is 24.2 Å². The van der Waals surface area contributed by atoms with E-state index in [4.69, 9.17) is 23.2 Å². The van der Waals surface area contributed by atoms with Crippen molar-refractivity contribution < 1.29 is 4.79 Å². The molecule has 2 aliphatic heterocycles. The van der Waals surface area contributed by atoms with E-state index in [9.17, 15) is 9.59 Å². The predicted molar refractivity (Wildman–Crippen MR) is 107 cm³/mol. The van der Waals surface area contributed by atoms with E-state index in [-0.39, 0.29) is 18.1 Å². The lowest BCUT2D eigenvalue weighted by molar-refractivity contribution is -0.132. The van der Waals surface area contributed by atoms with E-state index in [2.05, 4.69) is 10.1 Å². The Morgan fingerprint density at radius 1 is 1.07 bits per heavy atom. The number of nitrogens with zero attached hydrogens (tertiary/aromatic N) is 6. The molecule has 1 amide bonds. The lowest BCUT2D eigenvalue weighted by Gasteiger charge is -2.35. The van der Waals surface area contributed by atoms with Gasteiger partial charge in [-0.3, -0.25) is 9.36 Å². The summed E-state index contributed by atoms with van der Waals surface area (Å²) in [5.74, 6) is 1.38. The van der Waals surface area contributed by atoms with Gasteiger partial charge in [-0.2, -0.15) is 5.10 Å². The average molecular weight is 425 g/mol. The highest BCUT2D eigenvalue weighted by Gasteiger charge is 2.25. The SMILES string of the molecule is O=C(Cn1nc2n(c1=O)CCCCC2)N1CCN(c2ncc(Cl)cc2Cl)CC1. The average Bonchev–Trinajstić information content (AvgIpc) is 2.84. The number of hydrogen-bond acceptors (Lipinski definition) is 5. The molecule has 0 aromatic carbocycles. The number of carbonyl (C=O) groups excluding carboxylic acids is 1. The van der Waals surface area contributed by atoms with Crippen molar-refractivity contribution >= 4 is 34.9 Å². The van der Waals surface area contributed by atoms with Gasteiger partial charge in [0.2, 0.25) is 5.91 Å². The van der Waals surface area contributed by atoms with E-state index in [1.54, 1.807) is 21.7 Å². The molecule has 1 saturated heterocycles. The lowest BCUT2D eigenvalue weighted by atomic mass is 10.2. The van der Waals surface area contributed by atoms with Crippen LogP contribution in [-0.4, -0.2) is 56.3 Å². The fraction of sp³-hybridized carbons (Fsp3) is 0.556. The summed E-state index contributed by atoms with van der Waals surface area (Å²) >= 11 is 12.1. The number of rotatable bonds is 3. The maximum Gasteiger partial charge on any atom is 0.346 e. The van der Waals surface area contributed by atoms with E-state index in [1.165, 1.54) is 4.68 Å². The van der Waals surface area contributed by atoms with Crippen LogP contribution in [0.1, 0.15) is 25.1 Å². The number of anilines is 1. The second-order valence-electron chi connectivity index (χ2n) is 7.15. The van der Waals surface area contributed by atoms with Crippen molar-refractivity contribution in [1.29, 1.82) is 0 Å². The summed E-state index contributed by atoms with van der Waals surface area (Å²) in [7, 11) is 0. The van der Waals surface area contributed by atoms with Crippen molar-refractivity contribution in [3.63, 3.8) is 0 Å². The van der Waals surface area contributed by atoms with Gasteiger partial charge in [0.1, 0.15) is 18.2 Å². The Kier molecular flexibility index (Phi) is 5.59. The highest BCUT2D eigenvalue weighted by Crippen LogP contribution is 2.26. The molecule has 4 rings (SSSR count). The van der Waals surface area contributed by atoms with Gasteiger partial charge in [0.25, 0.3) is 0 Å². The second kappa shape index (κ2) is 8.13. The Bertz CT molecular complexity index is 933. The Morgan fingerprint density at radius 2 is 1.86 bits per heavy atom. The monoisotopic (exact) mass is 424 g/mol. The lowest BCUT2D eigenvalue weighted by Crippen LogP contribution is -2.50. The molecule has 0 spiro atoms. The van der Waals surface area contributed by atoms with E-state index in [1.807, 2.05) is 4.90 Å². The number of fused-ring (bicyclic) bond motifs is 1. The standard InChI is InChI=1S/C18H22Cl2N6O2/c19-13-10-14(20)17(21-11-13)24-8-6-23(7-9-24)16(27)12-26-18(28)25-5-3-1-2-4-15(25)22-26/h10-11H,1-9,12H2. The summed E-state index contributed by atoms with van der Waals surface area (Å²) in [5, 5.41) is 5.39. The molecular weight excluding hydrogens is 403 g/mol. The fourth-order valence-corrected chi connectivity index (χ4v) is 4.26. The van der Waals surface area contributed by atoms with E-state index < -0.39 is 0 Å². The highest BCUT2D eigenvalue weighted by atomic mass is 35.5. The van der Waals surface area contributed by atoms with Crippen molar-refractivity contribution in [3.8, 4) is 0 Å². The van der Waals surface area contributed by atoms with Crippen LogP contribution in [0, 0.1) is 0 Å². The third kappa shape index (κ3) is 3.89. The van der Waals surface area contributed by atoms with Gasteiger partial charge in [-0.15, -0.1) is 0 Å².